The van der Waals surface area contributed by atoms with Gasteiger partial charge in [-0.15, -0.1) is 11.6 Å². The summed E-state index contributed by atoms with van der Waals surface area (Å²) >= 11 is 9.33. The van der Waals surface area contributed by atoms with Crippen molar-refractivity contribution in [1.82, 2.24) is 5.32 Å². The van der Waals surface area contributed by atoms with E-state index in [0.29, 0.717) is 11.2 Å². The van der Waals surface area contributed by atoms with Crippen molar-refractivity contribution in [3.8, 4) is 0 Å². The van der Waals surface area contributed by atoms with Crippen LogP contribution in [0.5, 0.6) is 0 Å². The predicted molar refractivity (Wildman–Crippen MR) is 73.8 cm³/mol. The van der Waals surface area contributed by atoms with Crippen LogP contribution >= 0.6 is 27.5 Å². The van der Waals surface area contributed by atoms with Crippen LogP contribution in [0.1, 0.15) is 21.5 Å². The molecule has 0 radical (unpaired) electrons. The Hall–Kier alpha value is -1.26. The summed E-state index contributed by atoms with van der Waals surface area (Å²) in [4.78, 5) is 11.7. The van der Waals surface area contributed by atoms with Crippen molar-refractivity contribution in [3.63, 3.8) is 0 Å². The van der Waals surface area contributed by atoms with E-state index < -0.39 is 0 Å². The molecule has 0 spiro atoms. The first kappa shape index (κ1) is 13.2. The zero-order valence-corrected chi connectivity index (χ0v) is 11.7. The Bertz CT molecular complexity index is 527. The molecule has 1 unspecified atom stereocenters. The van der Waals surface area contributed by atoms with E-state index in [1.54, 1.807) is 12.1 Å². The molecule has 1 aromatic heterocycles. The highest BCUT2D eigenvalue weighted by molar-refractivity contribution is 9.10. The smallest absolute Gasteiger partial charge is 0.287 e. The average Bonchev–Trinajstić information content (AvgIpc) is 2.83. The first-order valence-electron chi connectivity index (χ1n) is 5.39. The molecule has 2 rings (SSSR count). The van der Waals surface area contributed by atoms with E-state index >= 15 is 0 Å². The SMILES string of the molecule is O=C(NCC(Cl)c1ccccc1)c1ccc(Br)o1. The fourth-order valence-corrected chi connectivity index (χ4v) is 2.01. The summed E-state index contributed by atoms with van der Waals surface area (Å²) in [5, 5.41) is 2.47. The predicted octanol–water partition coefficient (Wildman–Crippen LogP) is 3.75. The van der Waals surface area contributed by atoms with Gasteiger partial charge in [0.2, 0.25) is 0 Å². The molecule has 0 fully saturated rings. The number of hydrogen-bond acceptors (Lipinski definition) is 2. The zero-order chi connectivity index (χ0) is 13.0. The van der Waals surface area contributed by atoms with Crippen LogP contribution in [0.15, 0.2) is 51.6 Å². The maximum Gasteiger partial charge on any atom is 0.287 e. The van der Waals surface area contributed by atoms with Crippen LogP contribution in [0.2, 0.25) is 0 Å². The number of hydrogen-bond donors (Lipinski definition) is 1. The summed E-state index contributed by atoms with van der Waals surface area (Å²) in [6.45, 7) is 0.350. The molecule has 1 amide bonds. The molecule has 3 nitrogen and oxygen atoms in total. The van der Waals surface area contributed by atoms with E-state index in [1.807, 2.05) is 30.3 Å². The molecule has 5 heteroatoms. The molecule has 18 heavy (non-hydrogen) atoms. The second kappa shape index (κ2) is 6.07. The van der Waals surface area contributed by atoms with Crippen LogP contribution in [0.25, 0.3) is 0 Å². The minimum Gasteiger partial charge on any atom is -0.444 e. The molecular formula is C13H11BrClNO2. The Balaban J connectivity index is 1.90. The Morgan fingerprint density at radius 1 is 1.28 bits per heavy atom. The molecule has 1 N–H and O–H groups in total. The molecule has 0 aliphatic heterocycles. The van der Waals surface area contributed by atoms with Crippen LogP contribution in [0.4, 0.5) is 0 Å². The molecule has 94 valence electrons. The molecular weight excluding hydrogens is 318 g/mol. The minimum atomic E-state index is -0.276. The van der Waals surface area contributed by atoms with Gasteiger partial charge in [-0.3, -0.25) is 4.79 Å². The lowest BCUT2D eigenvalue weighted by atomic mass is 10.1. The Kier molecular flexibility index (Phi) is 4.44. The van der Waals surface area contributed by atoms with Gasteiger partial charge in [0.25, 0.3) is 5.91 Å². The van der Waals surface area contributed by atoms with E-state index in [1.165, 1.54) is 0 Å². The Morgan fingerprint density at radius 3 is 2.61 bits per heavy atom. The van der Waals surface area contributed by atoms with E-state index in [2.05, 4.69) is 21.2 Å². The van der Waals surface area contributed by atoms with E-state index in [0.717, 1.165) is 5.56 Å². The van der Waals surface area contributed by atoms with Crippen molar-refractivity contribution in [2.75, 3.05) is 6.54 Å². The third-order valence-electron chi connectivity index (χ3n) is 2.40. The molecule has 1 atom stereocenters. The lowest BCUT2D eigenvalue weighted by Gasteiger charge is -2.10. The number of carbonyl (C=O) groups excluding carboxylic acids is 1. The number of alkyl halides is 1. The Labute approximate surface area is 118 Å². The molecule has 1 aromatic carbocycles. The van der Waals surface area contributed by atoms with Gasteiger partial charge < -0.3 is 9.73 Å². The molecule has 0 saturated carbocycles. The topological polar surface area (TPSA) is 42.2 Å². The van der Waals surface area contributed by atoms with Crippen molar-refractivity contribution in [2.24, 2.45) is 0 Å². The fraction of sp³-hybridized carbons (Fsp3) is 0.154. The summed E-state index contributed by atoms with van der Waals surface area (Å²) in [5.41, 5.74) is 0.972. The monoisotopic (exact) mass is 327 g/mol. The quantitative estimate of drug-likeness (QED) is 0.869. The van der Waals surface area contributed by atoms with Gasteiger partial charge in [-0.1, -0.05) is 30.3 Å². The van der Waals surface area contributed by atoms with Crippen LogP contribution in [0, 0.1) is 0 Å². The number of amides is 1. The largest absolute Gasteiger partial charge is 0.444 e. The summed E-state index contributed by atoms with van der Waals surface area (Å²) in [6, 6.07) is 12.9. The lowest BCUT2D eigenvalue weighted by molar-refractivity contribution is 0.0924. The van der Waals surface area contributed by atoms with Crippen molar-refractivity contribution in [3.05, 3.63) is 58.5 Å². The normalized spacial score (nSPS) is 12.1. The summed E-state index contributed by atoms with van der Waals surface area (Å²) in [6.07, 6.45) is 0. The second-order valence-corrected chi connectivity index (χ2v) is 5.00. The van der Waals surface area contributed by atoms with Crippen LogP contribution in [0.3, 0.4) is 0 Å². The highest BCUT2D eigenvalue weighted by Crippen LogP contribution is 2.19. The first-order valence-corrected chi connectivity index (χ1v) is 6.62. The summed E-state index contributed by atoms with van der Waals surface area (Å²) < 4.78 is 5.67. The van der Waals surface area contributed by atoms with E-state index in [9.17, 15) is 4.79 Å². The van der Waals surface area contributed by atoms with Crippen molar-refractivity contribution in [2.45, 2.75) is 5.38 Å². The number of rotatable bonds is 4. The first-order chi connectivity index (χ1) is 8.66. The van der Waals surface area contributed by atoms with Gasteiger partial charge in [-0.25, -0.2) is 0 Å². The van der Waals surface area contributed by atoms with E-state index in [-0.39, 0.29) is 17.0 Å². The van der Waals surface area contributed by atoms with Gasteiger partial charge in [0.15, 0.2) is 10.4 Å². The fourth-order valence-electron chi connectivity index (χ4n) is 1.49. The minimum absolute atomic E-state index is 0.256. The standard InChI is InChI=1S/C13H11BrClNO2/c14-12-7-6-11(18-12)13(17)16-8-10(15)9-4-2-1-3-5-9/h1-7,10H,8H2,(H,16,17). The molecule has 1 heterocycles. The summed E-state index contributed by atoms with van der Waals surface area (Å²) in [7, 11) is 0. The third kappa shape index (κ3) is 3.37. The molecule has 0 aliphatic rings. The van der Waals surface area contributed by atoms with Crippen molar-refractivity contribution < 1.29 is 9.21 Å². The third-order valence-corrected chi connectivity index (χ3v) is 3.23. The van der Waals surface area contributed by atoms with Gasteiger partial charge in [0.1, 0.15) is 0 Å². The molecule has 0 bridgehead atoms. The van der Waals surface area contributed by atoms with E-state index in [4.69, 9.17) is 16.0 Å². The summed E-state index contributed by atoms with van der Waals surface area (Å²) in [5.74, 6) is -0.0129. The lowest BCUT2D eigenvalue weighted by Crippen LogP contribution is -2.26. The number of halogens is 2. The van der Waals surface area contributed by atoms with Crippen LogP contribution in [-0.4, -0.2) is 12.5 Å². The zero-order valence-electron chi connectivity index (χ0n) is 9.40. The number of benzene rings is 1. The number of nitrogens with one attached hydrogen (secondary N) is 1. The highest BCUT2D eigenvalue weighted by atomic mass is 79.9. The van der Waals surface area contributed by atoms with Gasteiger partial charge >= 0.3 is 0 Å². The van der Waals surface area contributed by atoms with Crippen molar-refractivity contribution >= 4 is 33.4 Å². The highest BCUT2D eigenvalue weighted by Gasteiger charge is 2.13. The van der Waals surface area contributed by atoms with Crippen LogP contribution in [-0.2, 0) is 0 Å². The van der Waals surface area contributed by atoms with Gasteiger partial charge in [0, 0.05) is 6.54 Å². The molecule has 0 aliphatic carbocycles. The van der Waals surface area contributed by atoms with Gasteiger partial charge in [-0.05, 0) is 33.6 Å². The van der Waals surface area contributed by atoms with Crippen molar-refractivity contribution in [1.29, 1.82) is 0 Å². The van der Waals surface area contributed by atoms with Gasteiger partial charge in [0.05, 0.1) is 5.38 Å². The molecule has 0 saturated heterocycles. The maximum absolute atomic E-state index is 11.7. The van der Waals surface area contributed by atoms with Crippen LogP contribution < -0.4 is 5.32 Å². The average molecular weight is 329 g/mol. The second-order valence-electron chi connectivity index (χ2n) is 3.69. The maximum atomic E-state index is 11.7. The molecule has 2 aromatic rings. The number of carbonyl (C=O) groups is 1. The Morgan fingerprint density at radius 2 is 2.00 bits per heavy atom. The number of furan rings is 1. The van der Waals surface area contributed by atoms with Gasteiger partial charge in [-0.2, -0.15) is 0 Å².